The lowest BCUT2D eigenvalue weighted by atomic mass is 10.1. The maximum absolute atomic E-state index is 12.6. The lowest BCUT2D eigenvalue weighted by molar-refractivity contribution is 0.0794. The van der Waals surface area contributed by atoms with E-state index in [1.54, 1.807) is 41.3 Å². The fraction of sp³-hybridized carbons (Fsp3) is 0.312. The Morgan fingerprint density at radius 2 is 1.83 bits per heavy atom. The second-order valence-corrected chi connectivity index (χ2v) is 8.71. The van der Waals surface area contributed by atoms with Crippen LogP contribution in [0, 0.1) is 6.92 Å². The molecule has 2 aromatic rings. The number of anilines is 1. The molecule has 0 aliphatic carbocycles. The molecule has 0 bridgehead atoms. The van der Waals surface area contributed by atoms with Crippen molar-refractivity contribution in [1.82, 2.24) is 4.90 Å². The van der Waals surface area contributed by atoms with E-state index in [4.69, 9.17) is 0 Å². The molecule has 1 saturated heterocycles. The minimum absolute atomic E-state index is 0.122. The molecule has 23 heavy (non-hydrogen) atoms. The molecule has 0 saturated carbocycles. The Labute approximate surface area is 140 Å². The summed E-state index contributed by atoms with van der Waals surface area (Å²) in [5.41, 5.74) is 0.724. The van der Waals surface area contributed by atoms with Gasteiger partial charge in [-0.2, -0.15) is 0 Å². The Balaban J connectivity index is 1.90. The summed E-state index contributed by atoms with van der Waals surface area (Å²) in [5, 5.41) is 0. The highest BCUT2D eigenvalue weighted by atomic mass is 32.2. The van der Waals surface area contributed by atoms with Crippen LogP contribution in [0.2, 0.25) is 0 Å². The van der Waals surface area contributed by atoms with E-state index in [0.29, 0.717) is 11.3 Å². The highest BCUT2D eigenvalue weighted by molar-refractivity contribution is 7.94. The summed E-state index contributed by atoms with van der Waals surface area (Å²) >= 11 is 1.21. The fourth-order valence-corrected chi connectivity index (χ4v) is 4.96. The van der Waals surface area contributed by atoms with Gasteiger partial charge in [-0.1, -0.05) is 12.1 Å². The molecule has 1 fully saturated rings. The number of benzene rings is 1. The first-order valence-corrected chi connectivity index (χ1v) is 9.75. The number of nitrogens with zero attached hydrogens (tertiary/aromatic N) is 1. The predicted octanol–water partition coefficient (Wildman–Crippen LogP) is 3.09. The number of rotatable bonds is 4. The van der Waals surface area contributed by atoms with Gasteiger partial charge < -0.3 is 4.90 Å². The first-order chi connectivity index (χ1) is 11.0. The van der Waals surface area contributed by atoms with Crippen molar-refractivity contribution in [1.29, 1.82) is 0 Å². The van der Waals surface area contributed by atoms with E-state index in [2.05, 4.69) is 4.72 Å². The first-order valence-electron chi connectivity index (χ1n) is 7.45. The smallest absolute Gasteiger partial charge is 0.271 e. The summed E-state index contributed by atoms with van der Waals surface area (Å²) < 4.78 is 27.8. The van der Waals surface area contributed by atoms with Gasteiger partial charge in [0, 0.05) is 18.0 Å². The highest BCUT2D eigenvalue weighted by Gasteiger charge is 2.24. The van der Waals surface area contributed by atoms with Crippen LogP contribution in [0.25, 0.3) is 0 Å². The number of hydrogen-bond acceptors (Lipinski definition) is 4. The molecule has 0 atom stereocenters. The Kier molecular flexibility index (Phi) is 4.41. The molecule has 0 radical (unpaired) electrons. The number of thiophene rings is 1. The van der Waals surface area contributed by atoms with E-state index < -0.39 is 10.0 Å². The van der Waals surface area contributed by atoms with E-state index in [1.165, 1.54) is 11.3 Å². The summed E-state index contributed by atoms with van der Waals surface area (Å²) in [4.78, 5) is 15.3. The molecule has 5 nitrogen and oxygen atoms in total. The number of sulfonamides is 1. The van der Waals surface area contributed by atoms with Gasteiger partial charge in [0.05, 0.1) is 11.3 Å². The molecule has 0 unspecified atom stereocenters. The quantitative estimate of drug-likeness (QED) is 0.921. The van der Waals surface area contributed by atoms with Crippen molar-refractivity contribution in [3.05, 3.63) is 46.8 Å². The number of nitrogens with one attached hydrogen (secondary N) is 1. The molecule has 1 aliphatic rings. The summed E-state index contributed by atoms with van der Waals surface area (Å²) in [6.07, 6.45) is 1.99. The normalized spacial score (nSPS) is 14.9. The molecule has 3 rings (SSSR count). The van der Waals surface area contributed by atoms with Crippen LogP contribution in [0.15, 0.2) is 40.6 Å². The number of carbonyl (C=O) groups excluding carboxylic acids is 1. The van der Waals surface area contributed by atoms with Gasteiger partial charge in [-0.25, -0.2) is 8.42 Å². The lowest BCUT2D eigenvalue weighted by Crippen LogP contribution is -2.28. The van der Waals surface area contributed by atoms with Gasteiger partial charge >= 0.3 is 0 Å². The van der Waals surface area contributed by atoms with Crippen LogP contribution in [-0.2, 0) is 10.0 Å². The average Bonchev–Trinajstić information content (AvgIpc) is 3.18. The zero-order valence-corrected chi connectivity index (χ0v) is 14.4. The van der Waals surface area contributed by atoms with Crippen molar-refractivity contribution in [2.24, 2.45) is 0 Å². The average molecular weight is 350 g/mol. The molecule has 1 aromatic heterocycles. The van der Waals surface area contributed by atoms with Crippen molar-refractivity contribution in [3.63, 3.8) is 0 Å². The Hall–Kier alpha value is -1.86. The van der Waals surface area contributed by atoms with Crippen LogP contribution in [0.1, 0.15) is 28.1 Å². The van der Waals surface area contributed by atoms with Crippen LogP contribution in [0.4, 0.5) is 5.69 Å². The minimum atomic E-state index is -3.67. The molecule has 1 amide bonds. The highest BCUT2D eigenvalue weighted by Crippen LogP contribution is 2.26. The van der Waals surface area contributed by atoms with E-state index in [0.717, 1.165) is 30.8 Å². The van der Waals surface area contributed by atoms with E-state index in [1.807, 2.05) is 6.92 Å². The molecule has 1 N–H and O–H groups in total. The van der Waals surface area contributed by atoms with Crippen molar-refractivity contribution in [2.75, 3.05) is 17.8 Å². The number of carbonyl (C=O) groups is 1. The van der Waals surface area contributed by atoms with E-state index in [9.17, 15) is 13.2 Å². The molecular weight excluding hydrogens is 332 g/mol. The van der Waals surface area contributed by atoms with Gasteiger partial charge in [0.25, 0.3) is 15.9 Å². The number of para-hydroxylation sites is 1. The zero-order valence-electron chi connectivity index (χ0n) is 12.8. The second kappa shape index (κ2) is 6.33. The van der Waals surface area contributed by atoms with Gasteiger partial charge in [-0.15, -0.1) is 11.3 Å². The summed E-state index contributed by atoms with van der Waals surface area (Å²) in [5.74, 6) is -0.122. The second-order valence-electron chi connectivity index (χ2n) is 5.52. The molecule has 2 heterocycles. The molecule has 1 aliphatic heterocycles. The van der Waals surface area contributed by atoms with Gasteiger partial charge in [0.2, 0.25) is 0 Å². The monoisotopic (exact) mass is 350 g/mol. The molecule has 7 heteroatoms. The number of amides is 1. The van der Waals surface area contributed by atoms with Gasteiger partial charge in [0.15, 0.2) is 0 Å². The molecule has 0 spiro atoms. The van der Waals surface area contributed by atoms with Crippen LogP contribution in [-0.4, -0.2) is 32.3 Å². The SMILES string of the molecule is Cc1ccc(S(=O)(=O)Nc2ccccc2C(=O)N2CCCC2)s1. The van der Waals surface area contributed by atoms with Crippen molar-refractivity contribution in [2.45, 2.75) is 24.0 Å². The standard InChI is InChI=1S/C16H18N2O3S2/c1-12-8-9-15(22-12)23(20,21)17-14-7-3-2-6-13(14)16(19)18-10-4-5-11-18/h2-3,6-9,17H,4-5,10-11H2,1H3. The Bertz CT molecular complexity index is 821. The summed E-state index contributed by atoms with van der Waals surface area (Å²) in [6.45, 7) is 3.31. The van der Waals surface area contributed by atoms with E-state index >= 15 is 0 Å². The predicted molar refractivity (Wildman–Crippen MR) is 91.4 cm³/mol. The van der Waals surface area contributed by atoms with E-state index in [-0.39, 0.29) is 10.1 Å². The maximum Gasteiger partial charge on any atom is 0.271 e. The number of hydrogen-bond donors (Lipinski definition) is 1. The fourth-order valence-electron chi connectivity index (χ4n) is 2.60. The van der Waals surface area contributed by atoms with Crippen LogP contribution < -0.4 is 4.72 Å². The molecular formula is C16H18N2O3S2. The van der Waals surface area contributed by atoms with Crippen molar-refractivity contribution < 1.29 is 13.2 Å². The lowest BCUT2D eigenvalue weighted by Gasteiger charge is -2.18. The minimum Gasteiger partial charge on any atom is -0.339 e. The zero-order chi connectivity index (χ0) is 16.4. The number of likely N-dealkylation sites (tertiary alicyclic amines) is 1. The third kappa shape index (κ3) is 3.40. The topological polar surface area (TPSA) is 66.5 Å². The summed E-state index contributed by atoms with van der Waals surface area (Å²) in [6, 6.07) is 10.1. The summed E-state index contributed by atoms with van der Waals surface area (Å²) in [7, 11) is -3.67. The Morgan fingerprint density at radius 3 is 2.48 bits per heavy atom. The van der Waals surface area contributed by atoms with Crippen molar-refractivity contribution in [3.8, 4) is 0 Å². The van der Waals surface area contributed by atoms with Crippen LogP contribution in [0.3, 0.4) is 0 Å². The first kappa shape index (κ1) is 16.0. The van der Waals surface area contributed by atoms with Crippen LogP contribution in [0.5, 0.6) is 0 Å². The van der Waals surface area contributed by atoms with Crippen LogP contribution >= 0.6 is 11.3 Å². The third-order valence-corrected chi connectivity index (χ3v) is 6.63. The maximum atomic E-state index is 12.6. The molecule has 122 valence electrons. The third-order valence-electron chi connectivity index (χ3n) is 3.78. The largest absolute Gasteiger partial charge is 0.339 e. The van der Waals surface area contributed by atoms with Gasteiger partial charge in [-0.3, -0.25) is 9.52 Å². The van der Waals surface area contributed by atoms with Gasteiger partial charge in [0.1, 0.15) is 4.21 Å². The Morgan fingerprint density at radius 1 is 1.13 bits per heavy atom. The molecule has 1 aromatic carbocycles. The van der Waals surface area contributed by atoms with Gasteiger partial charge in [-0.05, 0) is 44.0 Å². The van der Waals surface area contributed by atoms with Crippen molar-refractivity contribution >= 4 is 33.0 Å². The number of aryl methyl sites for hydroxylation is 1.